The predicted octanol–water partition coefficient (Wildman–Crippen LogP) is 3.81. The Morgan fingerprint density at radius 1 is 1.37 bits per heavy atom. The maximum absolute atomic E-state index is 5.56. The summed E-state index contributed by atoms with van der Waals surface area (Å²) in [6.45, 7) is 4.45. The first kappa shape index (κ1) is 14.7. The van der Waals surface area contributed by atoms with Crippen LogP contribution in [0.15, 0.2) is 18.2 Å². The van der Waals surface area contributed by atoms with Gasteiger partial charge in [-0.05, 0) is 43.9 Å². The highest BCUT2D eigenvalue weighted by Gasteiger charge is 2.23. The highest BCUT2D eigenvalue weighted by molar-refractivity contribution is 7.99. The van der Waals surface area contributed by atoms with Crippen LogP contribution in [0.2, 0.25) is 0 Å². The van der Waals surface area contributed by atoms with Crippen LogP contribution in [0.5, 0.6) is 5.75 Å². The van der Waals surface area contributed by atoms with Crippen LogP contribution in [-0.2, 0) is 6.42 Å². The molecule has 106 valence electrons. The number of ether oxygens (including phenoxy) is 1. The average Bonchev–Trinajstić information content (AvgIpc) is 2.46. The zero-order valence-electron chi connectivity index (χ0n) is 12.1. The number of aryl methyl sites for hydroxylation is 1. The third-order valence-corrected chi connectivity index (χ3v) is 4.95. The molecule has 0 aliphatic heterocycles. The van der Waals surface area contributed by atoms with Crippen molar-refractivity contribution in [3.05, 3.63) is 29.3 Å². The Bertz CT molecular complexity index is 380. The molecule has 1 aromatic rings. The fourth-order valence-corrected chi connectivity index (χ4v) is 4.03. The zero-order valence-corrected chi connectivity index (χ0v) is 12.9. The number of rotatable bonds is 7. The largest absolute Gasteiger partial charge is 0.496 e. The summed E-state index contributed by atoms with van der Waals surface area (Å²) in [6, 6.07) is 6.49. The molecule has 0 spiro atoms. The Labute approximate surface area is 121 Å². The van der Waals surface area contributed by atoms with Crippen LogP contribution < -0.4 is 10.1 Å². The van der Waals surface area contributed by atoms with Crippen molar-refractivity contribution in [3.63, 3.8) is 0 Å². The molecule has 1 N–H and O–H groups in total. The lowest BCUT2D eigenvalue weighted by atomic mass is 9.90. The lowest BCUT2D eigenvalue weighted by molar-refractivity contribution is 0.405. The number of benzene rings is 1. The second-order valence-electron chi connectivity index (χ2n) is 5.03. The van der Waals surface area contributed by atoms with Crippen molar-refractivity contribution in [2.45, 2.75) is 37.9 Å². The van der Waals surface area contributed by atoms with Gasteiger partial charge in [0.05, 0.1) is 7.11 Å². The van der Waals surface area contributed by atoms with E-state index in [1.807, 2.05) is 0 Å². The summed E-state index contributed by atoms with van der Waals surface area (Å²) in [5.41, 5.74) is 2.95. The molecule has 1 aromatic carbocycles. The van der Waals surface area contributed by atoms with E-state index < -0.39 is 0 Å². The first-order chi connectivity index (χ1) is 9.36. The summed E-state index contributed by atoms with van der Waals surface area (Å²) < 4.78 is 5.56. The predicted molar refractivity (Wildman–Crippen MR) is 84.3 cm³/mol. The van der Waals surface area contributed by atoms with Gasteiger partial charge in [0.25, 0.3) is 0 Å². The molecule has 0 heterocycles. The van der Waals surface area contributed by atoms with E-state index in [-0.39, 0.29) is 0 Å². The van der Waals surface area contributed by atoms with Crippen LogP contribution in [0.1, 0.15) is 42.6 Å². The molecule has 0 radical (unpaired) electrons. The highest BCUT2D eigenvalue weighted by Crippen LogP contribution is 2.44. The molecule has 0 saturated carbocycles. The van der Waals surface area contributed by atoms with Gasteiger partial charge in [0.1, 0.15) is 5.75 Å². The fraction of sp³-hybridized carbons (Fsp3) is 0.625. The third kappa shape index (κ3) is 3.90. The summed E-state index contributed by atoms with van der Waals surface area (Å²) >= 11 is 2.08. The van der Waals surface area contributed by atoms with Gasteiger partial charge in [-0.15, -0.1) is 0 Å². The molecule has 0 saturated heterocycles. The molecule has 2 nitrogen and oxygen atoms in total. The number of nitrogens with one attached hydrogen (secondary N) is 1. The Balaban J connectivity index is 1.97. The van der Waals surface area contributed by atoms with E-state index in [0.29, 0.717) is 5.25 Å². The van der Waals surface area contributed by atoms with Crippen molar-refractivity contribution in [2.24, 2.45) is 0 Å². The summed E-state index contributed by atoms with van der Waals surface area (Å²) in [5, 5.41) is 4.09. The number of hydrogen-bond acceptors (Lipinski definition) is 3. The third-order valence-electron chi connectivity index (χ3n) is 3.64. The molecule has 0 fully saturated rings. The molecule has 1 unspecified atom stereocenters. The van der Waals surface area contributed by atoms with Gasteiger partial charge >= 0.3 is 0 Å². The number of hydrogen-bond donors (Lipinski definition) is 1. The topological polar surface area (TPSA) is 21.3 Å². The van der Waals surface area contributed by atoms with Gasteiger partial charge in [0.2, 0.25) is 0 Å². The number of methoxy groups -OCH3 is 1. The summed E-state index contributed by atoms with van der Waals surface area (Å²) in [5.74, 6) is 2.26. The average molecular weight is 279 g/mol. The second kappa shape index (κ2) is 7.81. The van der Waals surface area contributed by atoms with Gasteiger partial charge in [-0.2, -0.15) is 11.8 Å². The molecular formula is C16H25NOS. The maximum Gasteiger partial charge on any atom is 0.123 e. The molecule has 0 bridgehead atoms. The summed E-state index contributed by atoms with van der Waals surface area (Å²) in [7, 11) is 1.79. The minimum Gasteiger partial charge on any atom is -0.496 e. The van der Waals surface area contributed by atoms with Crippen molar-refractivity contribution in [1.82, 2.24) is 5.32 Å². The minimum absolute atomic E-state index is 0.614. The quantitative estimate of drug-likeness (QED) is 0.767. The van der Waals surface area contributed by atoms with Crippen molar-refractivity contribution >= 4 is 11.8 Å². The Morgan fingerprint density at radius 2 is 2.26 bits per heavy atom. The van der Waals surface area contributed by atoms with Crippen LogP contribution >= 0.6 is 11.8 Å². The van der Waals surface area contributed by atoms with Gasteiger partial charge in [-0.1, -0.05) is 19.1 Å². The summed E-state index contributed by atoms with van der Waals surface area (Å²) in [4.78, 5) is 0. The van der Waals surface area contributed by atoms with Gasteiger partial charge in [0.15, 0.2) is 0 Å². The number of fused-ring (bicyclic) bond motifs is 1. The summed E-state index contributed by atoms with van der Waals surface area (Å²) in [6.07, 6.45) is 5.01. The van der Waals surface area contributed by atoms with E-state index >= 15 is 0 Å². The number of thioether (sulfide) groups is 1. The second-order valence-corrected chi connectivity index (χ2v) is 6.35. The zero-order chi connectivity index (χ0) is 13.5. The lowest BCUT2D eigenvalue weighted by Crippen LogP contribution is -2.19. The van der Waals surface area contributed by atoms with Crippen molar-refractivity contribution < 1.29 is 4.74 Å². The molecule has 3 heteroatoms. The molecule has 19 heavy (non-hydrogen) atoms. The van der Waals surface area contributed by atoms with E-state index in [1.165, 1.54) is 42.6 Å². The van der Waals surface area contributed by atoms with Crippen molar-refractivity contribution in [2.75, 3.05) is 26.0 Å². The maximum atomic E-state index is 5.56. The van der Waals surface area contributed by atoms with Gasteiger partial charge in [-0.25, -0.2) is 0 Å². The minimum atomic E-state index is 0.614. The molecule has 2 rings (SSSR count). The fourth-order valence-electron chi connectivity index (χ4n) is 2.71. The van der Waals surface area contributed by atoms with Crippen LogP contribution in [-0.4, -0.2) is 26.0 Å². The van der Waals surface area contributed by atoms with Gasteiger partial charge in [-0.3, -0.25) is 0 Å². The van der Waals surface area contributed by atoms with Crippen LogP contribution in [0.25, 0.3) is 0 Å². The molecule has 1 aliphatic rings. The van der Waals surface area contributed by atoms with E-state index in [1.54, 1.807) is 7.11 Å². The van der Waals surface area contributed by atoms with Crippen molar-refractivity contribution in [1.29, 1.82) is 0 Å². The molecular weight excluding hydrogens is 254 g/mol. The van der Waals surface area contributed by atoms with E-state index in [0.717, 1.165) is 18.8 Å². The molecule has 0 aromatic heterocycles. The van der Waals surface area contributed by atoms with Crippen molar-refractivity contribution in [3.8, 4) is 5.75 Å². The van der Waals surface area contributed by atoms with Gasteiger partial charge in [0, 0.05) is 23.1 Å². The Hall–Kier alpha value is -0.670. The smallest absolute Gasteiger partial charge is 0.123 e. The SMILES string of the molecule is CCCNCCSC1CCCc2cccc(OC)c21. The monoisotopic (exact) mass is 279 g/mol. The first-order valence-corrected chi connectivity index (χ1v) is 8.39. The lowest BCUT2D eigenvalue weighted by Gasteiger charge is -2.27. The highest BCUT2D eigenvalue weighted by atomic mass is 32.2. The first-order valence-electron chi connectivity index (χ1n) is 7.35. The van der Waals surface area contributed by atoms with E-state index in [9.17, 15) is 0 Å². The Morgan fingerprint density at radius 3 is 3.05 bits per heavy atom. The van der Waals surface area contributed by atoms with E-state index in [2.05, 4.69) is 42.2 Å². The Kier molecular flexibility index (Phi) is 6.05. The van der Waals surface area contributed by atoms with E-state index in [4.69, 9.17) is 4.74 Å². The van der Waals surface area contributed by atoms with Gasteiger partial charge < -0.3 is 10.1 Å². The molecule has 1 aliphatic carbocycles. The van der Waals surface area contributed by atoms with Crippen LogP contribution in [0.3, 0.4) is 0 Å². The van der Waals surface area contributed by atoms with Crippen LogP contribution in [0.4, 0.5) is 0 Å². The molecule has 1 atom stereocenters. The standard InChI is InChI=1S/C16H25NOS/c1-3-10-17-11-12-19-15-9-5-7-13-6-4-8-14(18-2)16(13)15/h4,6,8,15,17H,3,5,7,9-12H2,1-2H3. The van der Waals surface area contributed by atoms with Crippen LogP contribution in [0, 0.1) is 0 Å². The normalized spacial score (nSPS) is 18.1. The molecule has 0 amide bonds.